The molecule has 0 aromatic heterocycles. The molecule has 1 aromatic rings. The average Bonchev–Trinajstić information content (AvgIpc) is 2.82. The smallest absolute Gasteiger partial charge is 0.324 e. The first-order chi connectivity index (χ1) is 12.6. The highest BCUT2D eigenvalue weighted by Crippen LogP contribution is 2.38. The number of alkyl halides is 3. The van der Waals surface area contributed by atoms with E-state index in [0.717, 1.165) is 36.3 Å². The number of imide groups is 1. The molecule has 1 saturated carbocycles. The Morgan fingerprint density at radius 2 is 2.00 bits per heavy atom. The largest absolute Gasteiger partial charge is 0.418 e. The molecular weight excluding hydrogens is 363 g/mol. The molecule has 1 heterocycles. The van der Waals surface area contributed by atoms with E-state index in [0.29, 0.717) is 6.42 Å². The minimum absolute atomic E-state index is 0.0679. The van der Waals surface area contributed by atoms with Crippen molar-refractivity contribution in [3.05, 3.63) is 29.8 Å². The fourth-order valence-corrected chi connectivity index (χ4v) is 3.81. The lowest BCUT2D eigenvalue weighted by molar-refractivity contribution is -0.138. The lowest BCUT2D eigenvalue weighted by atomic mass is 9.73. The third-order valence-electron chi connectivity index (χ3n) is 5.31. The number of halogens is 3. The van der Waals surface area contributed by atoms with Gasteiger partial charge in [-0.15, -0.1) is 0 Å². The van der Waals surface area contributed by atoms with Gasteiger partial charge in [-0.05, 0) is 30.9 Å². The van der Waals surface area contributed by atoms with Crippen LogP contribution in [0.1, 0.15) is 38.2 Å². The Bertz CT molecular complexity index is 781. The molecule has 1 aromatic carbocycles. The molecule has 2 fully saturated rings. The molecule has 1 aliphatic heterocycles. The van der Waals surface area contributed by atoms with Crippen LogP contribution in [0.5, 0.6) is 0 Å². The van der Waals surface area contributed by atoms with Gasteiger partial charge in [0.1, 0.15) is 12.1 Å². The second-order valence-electron chi connectivity index (χ2n) is 7.03. The van der Waals surface area contributed by atoms with E-state index in [2.05, 4.69) is 10.6 Å². The van der Waals surface area contributed by atoms with Crippen LogP contribution in [0.25, 0.3) is 0 Å². The van der Waals surface area contributed by atoms with Crippen molar-refractivity contribution in [3.8, 4) is 0 Å². The molecule has 1 saturated heterocycles. The minimum atomic E-state index is -4.63. The summed E-state index contributed by atoms with van der Waals surface area (Å²) in [6.07, 6.45) is -1.61. The molecule has 2 aliphatic rings. The maximum atomic E-state index is 13.0. The van der Waals surface area contributed by atoms with Crippen LogP contribution < -0.4 is 10.6 Å². The Balaban J connectivity index is 1.74. The van der Waals surface area contributed by atoms with Gasteiger partial charge < -0.3 is 10.6 Å². The summed E-state index contributed by atoms with van der Waals surface area (Å²) < 4.78 is 39.1. The predicted molar refractivity (Wildman–Crippen MR) is 90.7 cm³/mol. The number of benzene rings is 1. The fraction of sp³-hybridized carbons (Fsp3) is 0.500. The molecule has 3 rings (SSSR count). The first kappa shape index (κ1) is 19.2. The van der Waals surface area contributed by atoms with Gasteiger partial charge in [-0.2, -0.15) is 13.2 Å². The molecular formula is C18H20F3N3O3. The summed E-state index contributed by atoms with van der Waals surface area (Å²) in [7, 11) is 0. The van der Waals surface area contributed by atoms with E-state index in [1.165, 1.54) is 12.1 Å². The van der Waals surface area contributed by atoms with Gasteiger partial charge in [0.25, 0.3) is 5.91 Å². The van der Waals surface area contributed by atoms with Gasteiger partial charge in [0.15, 0.2) is 0 Å². The first-order valence-corrected chi connectivity index (χ1v) is 8.75. The van der Waals surface area contributed by atoms with Crippen LogP contribution in [0, 0.1) is 5.92 Å². The van der Waals surface area contributed by atoms with Crippen molar-refractivity contribution < 1.29 is 27.6 Å². The lowest BCUT2D eigenvalue weighted by Gasteiger charge is -2.36. The molecule has 1 spiro atoms. The summed E-state index contributed by atoms with van der Waals surface area (Å²) in [5.74, 6) is -1.42. The Kier molecular flexibility index (Phi) is 4.88. The van der Waals surface area contributed by atoms with E-state index in [4.69, 9.17) is 0 Å². The molecule has 146 valence electrons. The maximum Gasteiger partial charge on any atom is 0.418 e. The predicted octanol–water partition coefficient (Wildman–Crippen LogP) is 3.14. The molecule has 0 unspecified atom stereocenters. The summed E-state index contributed by atoms with van der Waals surface area (Å²) in [6.45, 7) is 1.24. The zero-order valence-electron chi connectivity index (χ0n) is 14.7. The van der Waals surface area contributed by atoms with Gasteiger partial charge >= 0.3 is 12.2 Å². The molecule has 2 atom stereocenters. The number of carbonyl (C=O) groups is 3. The summed E-state index contributed by atoms with van der Waals surface area (Å²) in [4.78, 5) is 38.1. The lowest BCUT2D eigenvalue weighted by Crippen LogP contribution is -2.54. The van der Waals surface area contributed by atoms with E-state index in [1.54, 1.807) is 0 Å². The first-order valence-electron chi connectivity index (χ1n) is 8.75. The number of hydrogen-bond donors (Lipinski definition) is 2. The number of urea groups is 1. The number of para-hydroxylation sites is 1. The number of carbonyl (C=O) groups excluding carboxylic acids is 3. The van der Waals surface area contributed by atoms with E-state index >= 15 is 0 Å². The quantitative estimate of drug-likeness (QED) is 0.787. The third-order valence-corrected chi connectivity index (χ3v) is 5.31. The van der Waals surface area contributed by atoms with E-state index < -0.39 is 47.4 Å². The standard InChI is InChI=1S/C18H20F3N3O3/c1-11-6-4-5-9-17(11)15(26)24(16(27)23-17)10-14(25)22-13-8-3-2-7-12(13)18(19,20)21/h2-3,7-8,11H,4-6,9-10H2,1H3,(H,22,25)(H,23,27)/t11-,17+/m1/s1. The van der Waals surface area contributed by atoms with Gasteiger partial charge in [0, 0.05) is 0 Å². The Hall–Kier alpha value is -2.58. The van der Waals surface area contributed by atoms with Crippen molar-refractivity contribution in [1.82, 2.24) is 10.2 Å². The maximum absolute atomic E-state index is 13.0. The van der Waals surface area contributed by atoms with Gasteiger partial charge in [-0.25, -0.2) is 4.79 Å². The number of hydrogen-bond acceptors (Lipinski definition) is 3. The summed E-state index contributed by atoms with van der Waals surface area (Å²) in [6, 6.07) is 3.86. The summed E-state index contributed by atoms with van der Waals surface area (Å²) in [5.41, 5.74) is -2.42. The average molecular weight is 383 g/mol. The van der Waals surface area contributed by atoms with Gasteiger partial charge in [0.05, 0.1) is 11.3 Å². The normalized spacial score (nSPS) is 25.6. The molecule has 27 heavy (non-hydrogen) atoms. The van der Waals surface area contributed by atoms with E-state index in [9.17, 15) is 27.6 Å². The summed E-state index contributed by atoms with van der Waals surface area (Å²) in [5, 5.41) is 4.86. The second kappa shape index (κ2) is 6.86. The van der Waals surface area contributed by atoms with Crippen LogP contribution in [0.2, 0.25) is 0 Å². The number of nitrogens with one attached hydrogen (secondary N) is 2. The van der Waals surface area contributed by atoms with Crippen LogP contribution in [0.4, 0.5) is 23.7 Å². The highest BCUT2D eigenvalue weighted by molar-refractivity contribution is 6.10. The van der Waals surface area contributed by atoms with Crippen LogP contribution in [0.15, 0.2) is 24.3 Å². The third kappa shape index (κ3) is 3.50. The molecule has 0 radical (unpaired) electrons. The molecule has 0 bridgehead atoms. The van der Waals surface area contributed by atoms with Crippen molar-refractivity contribution in [1.29, 1.82) is 0 Å². The Morgan fingerprint density at radius 3 is 2.67 bits per heavy atom. The van der Waals surface area contributed by atoms with Crippen molar-refractivity contribution in [3.63, 3.8) is 0 Å². The van der Waals surface area contributed by atoms with Crippen LogP contribution in [0.3, 0.4) is 0 Å². The molecule has 2 N–H and O–H groups in total. The van der Waals surface area contributed by atoms with Crippen LogP contribution in [-0.2, 0) is 15.8 Å². The highest BCUT2D eigenvalue weighted by atomic mass is 19.4. The van der Waals surface area contributed by atoms with Gasteiger partial charge in [0.2, 0.25) is 5.91 Å². The molecule has 4 amide bonds. The van der Waals surface area contributed by atoms with E-state index in [1.807, 2.05) is 6.92 Å². The Morgan fingerprint density at radius 1 is 1.30 bits per heavy atom. The summed E-state index contributed by atoms with van der Waals surface area (Å²) >= 11 is 0. The van der Waals surface area contributed by atoms with Gasteiger partial charge in [-0.3, -0.25) is 14.5 Å². The second-order valence-corrected chi connectivity index (χ2v) is 7.03. The monoisotopic (exact) mass is 383 g/mol. The van der Waals surface area contributed by atoms with Crippen LogP contribution in [-0.4, -0.2) is 34.8 Å². The van der Waals surface area contributed by atoms with Crippen molar-refractivity contribution >= 4 is 23.5 Å². The zero-order valence-corrected chi connectivity index (χ0v) is 14.7. The zero-order chi connectivity index (χ0) is 19.8. The topological polar surface area (TPSA) is 78.5 Å². The molecule has 6 nitrogen and oxygen atoms in total. The number of anilines is 1. The van der Waals surface area contributed by atoms with E-state index in [-0.39, 0.29) is 5.92 Å². The van der Waals surface area contributed by atoms with Crippen LogP contribution >= 0.6 is 0 Å². The Labute approximate surface area is 154 Å². The molecule has 9 heteroatoms. The number of rotatable bonds is 3. The van der Waals surface area contributed by atoms with Crippen molar-refractivity contribution in [2.24, 2.45) is 5.92 Å². The molecule has 1 aliphatic carbocycles. The van der Waals surface area contributed by atoms with Crippen molar-refractivity contribution in [2.45, 2.75) is 44.3 Å². The highest BCUT2D eigenvalue weighted by Gasteiger charge is 2.55. The number of amides is 4. The minimum Gasteiger partial charge on any atom is -0.324 e. The number of nitrogens with zero attached hydrogens (tertiary/aromatic N) is 1. The van der Waals surface area contributed by atoms with Crippen molar-refractivity contribution in [2.75, 3.05) is 11.9 Å². The fourth-order valence-electron chi connectivity index (χ4n) is 3.81. The SMILES string of the molecule is C[C@@H]1CCCC[C@]12NC(=O)N(CC(=O)Nc1ccccc1C(F)(F)F)C2=O. The van der Waals surface area contributed by atoms with Gasteiger partial charge in [-0.1, -0.05) is 31.9 Å².